The Morgan fingerprint density at radius 3 is 3.00 bits per heavy atom. The van der Waals surface area contributed by atoms with Crippen LogP contribution in [0.4, 0.5) is 6.01 Å². The number of hydrogen-bond acceptors (Lipinski definition) is 5. The van der Waals surface area contributed by atoms with Crippen molar-refractivity contribution in [3.8, 4) is 0 Å². The molecule has 0 bridgehead atoms. The topological polar surface area (TPSA) is 67.5 Å². The number of aromatic nitrogens is 1. The van der Waals surface area contributed by atoms with Crippen molar-refractivity contribution >= 4 is 17.1 Å². The van der Waals surface area contributed by atoms with Gasteiger partial charge < -0.3 is 19.6 Å². The zero-order chi connectivity index (χ0) is 12.1. The maximum Gasteiger partial charge on any atom is 0.295 e. The van der Waals surface area contributed by atoms with Gasteiger partial charge in [-0.05, 0) is 18.6 Å². The van der Waals surface area contributed by atoms with Crippen molar-refractivity contribution in [1.29, 1.82) is 0 Å². The molecule has 1 atom stereocenters. The Morgan fingerprint density at radius 1 is 1.47 bits per heavy atom. The number of nitrogens with zero attached hydrogens (tertiary/aromatic N) is 1. The predicted octanol–water partition coefficient (Wildman–Crippen LogP) is 1.64. The molecule has 2 rings (SSSR count). The Balaban J connectivity index is 2.10. The van der Waals surface area contributed by atoms with Gasteiger partial charge in [-0.1, -0.05) is 12.1 Å². The summed E-state index contributed by atoms with van der Waals surface area (Å²) in [6.45, 7) is 0.598. The summed E-state index contributed by atoms with van der Waals surface area (Å²) in [5.41, 5.74) is 1.56. The van der Waals surface area contributed by atoms with Crippen LogP contribution in [0.25, 0.3) is 11.1 Å². The van der Waals surface area contributed by atoms with E-state index in [1.54, 1.807) is 7.11 Å². The standard InChI is InChI=1S/C12H16N2O3/c1-16-8-9(6-7-15)13-12-14-10-4-2-3-5-11(10)17-12/h2-5,9,15H,6-8H2,1H3,(H,13,14). The van der Waals surface area contributed by atoms with Crippen LogP contribution in [0.2, 0.25) is 0 Å². The number of ether oxygens (including phenoxy) is 1. The number of para-hydroxylation sites is 2. The summed E-state index contributed by atoms with van der Waals surface area (Å²) in [5.74, 6) is 0. The second-order valence-corrected chi connectivity index (χ2v) is 3.80. The fourth-order valence-electron chi connectivity index (χ4n) is 1.66. The molecule has 92 valence electrons. The first-order valence-corrected chi connectivity index (χ1v) is 5.55. The maximum atomic E-state index is 8.93. The lowest BCUT2D eigenvalue weighted by Crippen LogP contribution is -2.26. The van der Waals surface area contributed by atoms with Crippen molar-refractivity contribution in [2.24, 2.45) is 0 Å². The Morgan fingerprint density at radius 2 is 2.29 bits per heavy atom. The quantitative estimate of drug-likeness (QED) is 0.798. The summed E-state index contributed by atoms with van der Waals surface area (Å²) in [5, 5.41) is 12.0. The zero-order valence-corrected chi connectivity index (χ0v) is 9.72. The zero-order valence-electron chi connectivity index (χ0n) is 9.72. The van der Waals surface area contributed by atoms with Gasteiger partial charge in [-0.3, -0.25) is 0 Å². The number of anilines is 1. The number of aliphatic hydroxyl groups excluding tert-OH is 1. The fourth-order valence-corrected chi connectivity index (χ4v) is 1.66. The highest BCUT2D eigenvalue weighted by Gasteiger charge is 2.11. The molecule has 0 spiro atoms. The number of rotatable bonds is 6. The third-order valence-electron chi connectivity index (χ3n) is 2.47. The number of fused-ring (bicyclic) bond motifs is 1. The lowest BCUT2D eigenvalue weighted by Gasteiger charge is -2.14. The second-order valence-electron chi connectivity index (χ2n) is 3.80. The Labute approximate surface area is 99.4 Å². The summed E-state index contributed by atoms with van der Waals surface area (Å²) >= 11 is 0. The molecule has 0 amide bonds. The first kappa shape index (κ1) is 11.9. The highest BCUT2D eigenvalue weighted by atomic mass is 16.5. The normalized spacial score (nSPS) is 12.8. The van der Waals surface area contributed by atoms with Crippen LogP contribution in [0.15, 0.2) is 28.7 Å². The largest absolute Gasteiger partial charge is 0.424 e. The molecule has 2 N–H and O–H groups in total. The van der Waals surface area contributed by atoms with Crippen LogP contribution in [-0.4, -0.2) is 36.5 Å². The second kappa shape index (κ2) is 5.65. The van der Waals surface area contributed by atoms with Gasteiger partial charge in [0.05, 0.1) is 12.6 Å². The highest BCUT2D eigenvalue weighted by molar-refractivity contribution is 5.74. The molecule has 0 saturated heterocycles. The molecule has 1 heterocycles. The molecule has 1 aromatic carbocycles. The van der Waals surface area contributed by atoms with Crippen LogP contribution in [0, 0.1) is 0 Å². The van der Waals surface area contributed by atoms with Crippen molar-refractivity contribution in [2.45, 2.75) is 12.5 Å². The number of methoxy groups -OCH3 is 1. The molecule has 2 aromatic rings. The van der Waals surface area contributed by atoms with Gasteiger partial charge in [0.1, 0.15) is 5.52 Å². The number of hydrogen-bond donors (Lipinski definition) is 2. The van der Waals surface area contributed by atoms with E-state index in [1.165, 1.54) is 0 Å². The molecule has 0 fully saturated rings. The fraction of sp³-hybridized carbons (Fsp3) is 0.417. The molecule has 1 unspecified atom stereocenters. The minimum atomic E-state index is -0.00179. The van der Waals surface area contributed by atoms with Gasteiger partial charge in [0.25, 0.3) is 6.01 Å². The van der Waals surface area contributed by atoms with E-state index in [-0.39, 0.29) is 12.6 Å². The summed E-state index contributed by atoms with van der Waals surface area (Å²) < 4.78 is 10.6. The smallest absolute Gasteiger partial charge is 0.295 e. The van der Waals surface area contributed by atoms with Crippen molar-refractivity contribution < 1.29 is 14.3 Å². The SMILES string of the molecule is COCC(CCO)Nc1nc2ccccc2o1. The first-order valence-electron chi connectivity index (χ1n) is 5.55. The maximum absolute atomic E-state index is 8.93. The Kier molecular flexibility index (Phi) is 3.95. The number of nitrogens with one attached hydrogen (secondary N) is 1. The van der Waals surface area contributed by atoms with E-state index < -0.39 is 0 Å². The lowest BCUT2D eigenvalue weighted by atomic mass is 10.2. The van der Waals surface area contributed by atoms with Crippen LogP contribution in [-0.2, 0) is 4.74 Å². The van der Waals surface area contributed by atoms with Gasteiger partial charge in [0.15, 0.2) is 5.58 Å². The Bertz CT molecular complexity index is 430. The molecule has 1 aromatic heterocycles. The highest BCUT2D eigenvalue weighted by Crippen LogP contribution is 2.19. The van der Waals surface area contributed by atoms with Crippen molar-refractivity contribution in [2.75, 3.05) is 25.6 Å². The summed E-state index contributed by atoms with van der Waals surface area (Å²) in [7, 11) is 1.62. The van der Waals surface area contributed by atoms with Crippen molar-refractivity contribution in [3.63, 3.8) is 0 Å². The molecular formula is C12H16N2O3. The number of benzene rings is 1. The third-order valence-corrected chi connectivity index (χ3v) is 2.47. The number of aliphatic hydroxyl groups is 1. The van der Waals surface area contributed by atoms with Crippen LogP contribution < -0.4 is 5.32 Å². The minimum Gasteiger partial charge on any atom is -0.424 e. The summed E-state index contributed by atoms with van der Waals surface area (Å²) in [6.07, 6.45) is 0.590. The predicted molar refractivity (Wildman–Crippen MR) is 65.0 cm³/mol. The average Bonchev–Trinajstić information content (AvgIpc) is 2.71. The first-order chi connectivity index (χ1) is 8.33. The van der Waals surface area contributed by atoms with Crippen LogP contribution in [0.3, 0.4) is 0 Å². The van der Waals surface area contributed by atoms with Crippen LogP contribution in [0.5, 0.6) is 0 Å². The van der Waals surface area contributed by atoms with E-state index in [9.17, 15) is 0 Å². The molecular weight excluding hydrogens is 220 g/mol. The van der Waals surface area contributed by atoms with E-state index in [0.29, 0.717) is 19.0 Å². The van der Waals surface area contributed by atoms with E-state index >= 15 is 0 Å². The molecule has 5 nitrogen and oxygen atoms in total. The van der Waals surface area contributed by atoms with E-state index in [1.807, 2.05) is 24.3 Å². The monoisotopic (exact) mass is 236 g/mol. The summed E-state index contributed by atoms with van der Waals surface area (Å²) in [4.78, 5) is 4.30. The third kappa shape index (κ3) is 2.95. The molecule has 17 heavy (non-hydrogen) atoms. The lowest BCUT2D eigenvalue weighted by molar-refractivity contribution is 0.169. The minimum absolute atomic E-state index is 0.00179. The van der Waals surface area contributed by atoms with Crippen LogP contribution in [0.1, 0.15) is 6.42 Å². The van der Waals surface area contributed by atoms with Gasteiger partial charge in [0, 0.05) is 13.7 Å². The molecule has 0 aliphatic heterocycles. The van der Waals surface area contributed by atoms with Gasteiger partial charge in [-0.15, -0.1) is 0 Å². The molecule has 0 radical (unpaired) electrons. The van der Waals surface area contributed by atoms with Crippen molar-refractivity contribution in [1.82, 2.24) is 4.98 Å². The van der Waals surface area contributed by atoms with Crippen molar-refractivity contribution in [3.05, 3.63) is 24.3 Å². The van der Waals surface area contributed by atoms with E-state index in [0.717, 1.165) is 11.1 Å². The molecule has 5 heteroatoms. The average molecular weight is 236 g/mol. The van der Waals surface area contributed by atoms with Gasteiger partial charge in [0.2, 0.25) is 0 Å². The number of oxazole rings is 1. The molecule has 0 aliphatic carbocycles. The van der Waals surface area contributed by atoms with Gasteiger partial charge >= 0.3 is 0 Å². The summed E-state index contributed by atoms with van der Waals surface area (Å²) in [6, 6.07) is 8.03. The van der Waals surface area contributed by atoms with Gasteiger partial charge in [-0.25, -0.2) is 0 Å². The molecule has 0 aliphatic rings. The van der Waals surface area contributed by atoms with Gasteiger partial charge in [-0.2, -0.15) is 4.98 Å². The Hall–Kier alpha value is -1.59. The molecule has 0 saturated carbocycles. The van der Waals surface area contributed by atoms with E-state index in [4.69, 9.17) is 14.3 Å². The van der Waals surface area contributed by atoms with Crippen LogP contribution >= 0.6 is 0 Å². The van der Waals surface area contributed by atoms with E-state index in [2.05, 4.69) is 10.3 Å².